The molecular weight excluding hydrogens is 404 g/mol. The number of anilines is 1. The lowest BCUT2D eigenvalue weighted by Crippen LogP contribution is -2.35. The fourth-order valence-corrected chi connectivity index (χ4v) is 3.16. The van der Waals surface area contributed by atoms with Crippen molar-refractivity contribution in [3.8, 4) is 0 Å². The van der Waals surface area contributed by atoms with Crippen LogP contribution in [0, 0.1) is 10.1 Å². The number of nitro benzene ring substituents is 1. The van der Waals surface area contributed by atoms with Gasteiger partial charge in [-0.1, -0.05) is 24.3 Å². The maximum atomic E-state index is 12.0. The minimum absolute atomic E-state index is 0.0354. The van der Waals surface area contributed by atoms with Crippen molar-refractivity contribution < 1.29 is 14.5 Å². The average molecular weight is 426 g/mol. The second-order valence-electron chi connectivity index (χ2n) is 6.71. The molecule has 8 nitrogen and oxygen atoms in total. The lowest BCUT2D eigenvalue weighted by atomic mass is 10.2. The van der Waals surface area contributed by atoms with E-state index in [0.29, 0.717) is 5.56 Å². The van der Waals surface area contributed by atoms with Gasteiger partial charge in [0.2, 0.25) is 5.91 Å². The lowest BCUT2D eigenvalue weighted by molar-refractivity contribution is -0.384. The number of thiocarbonyl (C=S) groups is 1. The molecule has 0 aromatic heterocycles. The number of hydrogen-bond donors (Lipinski definition) is 2. The Kier molecular flexibility index (Phi) is 7.61. The molecule has 2 aromatic rings. The number of rotatable bonds is 6. The number of nitrogens with zero attached hydrogens (tertiary/aromatic N) is 2. The number of carbonyl (C=O) groups is 1. The summed E-state index contributed by atoms with van der Waals surface area (Å²) in [6.45, 7) is 4.26. The number of benzene rings is 2. The van der Waals surface area contributed by atoms with E-state index in [1.807, 2.05) is 24.3 Å². The number of non-ortho nitro benzene ring substituents is 1. The monoisotopic (exact) mass is 426 g/mol. The molecule has 1 aliphatic heterocycles. The molecule has 0 unspecified atom stereocenters. The van der Waals surface area contributed by atoms with Gasteiger partial charge in [-0.25, -0.2) is 0 Å². The average Bonchev–Trinajstić information content (AvgIpc) is 2.74. The standard InChI is InChI=1S/C21H22N4O4S/c26-20(9-6-16-2-1-3-19(14-16)25(27)28)23-21(30)22-18-7-4-17(5-8-18)15-24-10-12-29-13-11-24/h1-9,14H,10-13,15H2,(H2,22,23,26,30). The molecule has 1 aliphatic rings. The molecule has 30 heavy (non-hydrogen) atoms. The number of nitrogens with one attached hydrogen (secondary N) is 2. The SMILES string of the molecule is O=C(C=Cc1cccc([N+](=O)[O-])c1)NC(=S)Nc1ccc(CN2CCOCC2)cc1. The Balaban J connectivity index is 1.48. The van der Waals surface area contributed by atoms with E-state index in [1.54, 1.807) is 12.1 Å². The van der Waals surface area contributed by atoms with Crippen LogP contribution in [0.25, 0.3) is 6.08 Å². The number of carbonyl (C=O) groups excluding carboxylic acids is 1. The molecule has 1 fully saturated rings. The van der Waals surface area contributed by atoms with Gasteiger partial charge in [0.25, 0.3) is 5.69 Å². The summed E-state index contributed by atoms with van der Waals surface area (Å²) in [4.78, 5) is 24.7. The number of nitro groups is 1. The molecular formula is C21H22N4O4S. The number of ether oxygens (including phenoxy) is 1. The molecule has 0 aliphatic carbocycles. The fraction of sp³-hybridized carbons (Fsp3) is 0.238. The normalized spacial score (nSPS) is 14.4. The van der Waals surface area contributed by atoms with Crippen molar-refractivity contribution >= 4 is 40.7 Å². The molecule has 9 heteroatoms. The molecule has 1 heterocycles. The smallest absolute Gasteiger partial charge is 0.270 e. The zero-order valence-corrected chi connectivity index (χ0v) is 17.1. The Hall–Kier alpha value is -3.14. The van der Waals surface area contributed by atoms with Crippen molar-refractivity contribution in [2.75, 3.05) is 31.6 Å². The zero-order valence-electron chi connectivity index (χ0n) is 16.2. The summed E-state index contributed by atoms with van der Waals surface area (Å²) in [5, 5.41) is 16.5. The first-order valence-corrected chi connectivity index (χ1v) is 9.84. The maximum Gasteiger partial charge on any atom is 0.270 e. The van der Waals surface area contributed by atoms with Crippen molar-refractivity contribution in [2.24, 2.45) is 0 Å². The molecule has 1 amide bonds. The second kappa shape index (κ2) is 10.6. The third-order valence-electron chi connectivity index (χ3n) is 4.47. The highest BCUT2D eigenvalue weighted by atomic mass is 32.1. The van der Waals surface area contributed by atoms with Gasteiger partial charge in [0.1, 0.15) is 0 Å². The highest BCUT2D eigenvalue weighted by Crippen LogP contribution is 2.14. The predicted molar refractivity (Wildman–Crippen MR) is 119 cm³/mol. The van der Waals surface area contributed by atoms with Crippen LogP contribution in [-0.4, -0.2) is 47.1 Å². The Morgan fingerprint density at radius 1 is 1.20 bits per heavy atom. The van der Waals surface area contributed by atoms with Crippen LogP contribution in [0.1, 0.15) is 11.1 Å². The van der Waals surface area contributed by atoms with E-state index in [2.05, 4.69) is 15.5 Å². The van der Waals surface area contributed by atoms with E-state index in [1.165, 1.54) is 29.8 Å². The van der Waals surface area contributed by atoms with Gasteiger partial charge in [0, 0.05) is 43.5 Å². The molecule has 0 saturated carbocycles. The van der Waals surface area contributed by atoms with E-state index < -0.39 is 10.8 Å². The molecule has 0 bridgehead atoms. The Morgan fingerprint density at radius 3 is 2.63 bits per heavy atom. The summed E-state index contributed by atoms with van der Waals surface area (Å²) in [5.74, 6) is -0.428. The summed E-state index contributed by atoms with van der Waals surface area (Å²) in [6, 6.07) is 13.9. The minimum atomic E-state index is -0.483. The third kappa shape index (κ3) is 6.73. The van der Waals surface area contributed by atoms with Gasteiger partial charge in [0.15, 0.2) is 5.11 Å². The van der Waals surface area contributed by atoms with Crippen molar-refractivity contribution in [2.45, 2.75) is 6.54 Å². The first-order valence-electron chi connectivity index (χ1n) is 9.43. The van der Waals surface area contributed by atoms with Crippen LogP contribution in [-0.2, 0) is 16.1 Å². The molecule has 3 rings (SSSR count). The van der Waals surface area contributed by atoms with Crippen LogP contribution in [0.15, 0.2) is 54.6 Å². The molecule has 156 valence electrons. The highest BCUT2D eigenvalue weighted by molar-refractivity contribution is 7.80. The highest BCUT2D eigenvalue weighted by Gasteiger charge is 2.10. The van der Waals surface area contributed by atoms with E-state index >= 15 is 0 Å². The third-order valence-corrected chi connectivity index (χ3v) is 4.67. The van der Waals surface area contributed by atoms with E-state index in [9.17, 15) is 14.9 Å². The van der Waals surface area contributed by atoms with Crippen molar-refractivity contribution in [1.29, 1.82) is 0 Å². The first-order chi connectivity index (χ1) is 14.5. The van der Waals surface area contributed by atoms with Crippen LogP contribution in [0.2, 0.25) is 0 Å². The van der Waals surface area contributed by atoms with E-state index in [0.717, 1.165) is 38.5 Å². The number of amides is 1. The topological polar surface area (TPSA) is 96.7 Å². The van der Waals surface area contributed by atoms with Crippen LogP contribution >= 0.6 is 12.2 Å². The largest absolute Gasteiger partial charge is 0.379 e. The Labute approximate surface area is 179 Å². The van der Waals surface area contributed by atoms with Gasteiger partial charge < -0.3 is 10.1 Å². The summed E-state index contributed by atoms with van der Waals surface area (Å²) in [6.07, 6.45) is 2.77. The number of hydrogen-bond acceptors (Lipinski definition) is 6. The van der Waals surface area contributed by atoms with Crippen molar-refractivity contribution in [3.05, 3.63) is 75.8 Å². The van der Waals surface area contributed by atoms with Gasteiger partial charge in [0.05, 0.1) is 18.1 Å². The number of morpholine rings is 1. The van der Waals surface area contributed by atoms with E-state index in [4.69, 9.17) is 17.0 Å². The fourth-order valence-electron chi connectivity index (χ4n) is 2.94. The summed E-state index contributed by atoms with van der Waals surface area (Å²) < 4.78 is 5.36. The minimum Gasteiger partial charge on any atom is -0.379 e. The van der Waals surface area contributed by atoms with Gasteiger partial charge in [-0.15, -0.1) is 0 Å². The van der Waals surface area contributed by atoms with E-state index in [-0.39, 0.29) is 10.8 Å². The Morgan fingerprint density at radius 2 is 1.93 bits per heavy atom. The molecule has 0 spiro atoms. The predicted octanol–water partition coefficient (Wildman–Crippen LogP) is 2.95. The molecule has 2 N–H and O–H groups in total. The molecule has 2 aromatic carbocycles. The van der Waals surface area contributed by atoms with Crippen molar-refractivity contribution in [1.82, 2.24) is 10.2 Å². The second-order valence-corrected chi connectivity index (χ2v) is 7.12. The zero-order chi connectivity index (χ0) is 21.3. The van der Waals surface area contributed by atoms with Crippen LogP contribution < -0.4 is 10.6 Å². The maximum absolute atomic E-state index is 12.0. The van der Waals surface area contributed by atoms with Crippen molar-refractivity contribution in [3.63, 3.8) is 0 Å². The molecule has 0 radical (unpaired) electrons. The quantitative estimate of drug-likeness (QED) is 0.317. The van der Waals surface area contributed by atoms with Gasteiger partial charge in [-0.2, -0.15) is 0 Å². The Bertz CT molecular complexity index is 940. The molecule has 0 atom stereocenters. The van der Waals surface area contributed by atoms with Gasteiger partial charge in [-0.05, 0) is 41.6 Å². The van der Waals surface area contributed by atoms with Crippen LogP contribution in [0.3, 0.4) is 0 Å². The first kappa shape index (κ1) is 21.6. The lowest BCUT2D eigenvalue weighted by Gasteiger charge is -2.26. The van der Waals surface area contributed by atoms with Crippen LogP contribution in [0.5, 0.6) is 0 Å². The van der Waals surface area contributed by atoms with Gasteiger partial charge >= 0.3 is 0 Å². The summed E-state index contributed by atoms with van der Waals surface area (Å²) in [5.41, 5.74) is 2.48. The molecule has 1 saturated heterocycles. The van der Waals surface area contributed by atoms with Gasteiger partial charge in [-0.3, -0.25) is 25.1 Å². The summed E-state index contributed by atoms with van der Waals surface area (Å²) in [7, 11) is 0. The summed E-state index contributed by atoms with van der Waals surface area (Å²) >= 11 is 5.17. The van der Waals surface area contributed by atoms with Crippen LogP contribution in [0.4, 0.5) is 11.4 Å².